The zero-order valence-electron chi connectivity index (χ0n) is 18.6. The number of aryl methyl sites for hydroxylation is 1. The first kappa shape index (κ1) is 20.0. The molecule has 3 aromatic heterocycles. The van der Waals surface area contributed by atoms with E-state index < -0.39 is 0 Å². The summed E-state index contributed by atoms with van der Waals surface area (Å²) in [6.07, 6.45) is 7.58. The fourth-order valence-corrected chi connectivity index (χ4v) is 4.92. The summed E-state index contributed by atoms with van der Waals surface area (Å²) in [6, 6.07) is 6.37. The van der Waals surface area contributed by atoms with E-state index in [-0.39, 0.29) is 11.9 Å². The molecule has 0 aliphatic carbocycles. The van der Waals surface area contributed by atoms with E-state index >= 15 is 0 Å². The summed E-state index contributed by atoms with van der Waals surface area (Å²) < 4.78 is 7.73. The van der Waals surface area contributed by atoms with Crippen LogP contribution in [0.2, 0.25) is 0 Å². The Kier molecular flexibility index (Phi) is 4.85. The van der Waals surface area contributed by atoms with Crippen LogP contribution in [0.1, 0.15) is 24.1 Å². The van der Waals surface area contributed by atoms with Gasteiger partial charge in [0.15, 0.2) is 0 Å². The molecular formula is C23H26N8O2. The van der Waals surface area contributed by atoms with Crippen LogP contribution in [0.3, 0.4) is 0 Å². The van der Waals surface area contributed by atoms with E-state index in [9.17, 15) is 4.79 Å². The highest BCUT2D eigenvalue weighted by molar-refractivity contribution is 5.97. The van der Waals surface area contributed by atoms with Crippen molar-refractivity contribution in [1.82, 2.24) is 24.7 Å². The first-order valence-electron chi connectivity index (χ1n) is 11.4. The van der Waals surface area contributed by atoms with Gasteiger partial charge in [-0.3, -0.25) is 9.78 Å². The second-order valence-electron chi connectivity index (χ2n) is 8.84. The van der Waals surface area contributed by atoms with Gasteiger partial charge < -0.3 is 24.0 Å². The SMILES string of the molecule is Cn1cnnc1N1CCN(c2ccc(Cc3cnc4c(c3)N3C(=O)CC[C@H]3CO4)nc2)CC1. The van der Waals surface area contributed by atoms with E-state index in [1.807, 2.05) is 35.0 Å². The number of rotatable bonds is 4. The lowest BCUT2D eigenvalue weighted by atomic mass is 10.1. The Hall–Kier alpha value is -3.69. The van der Waals surface area contributed by atoms with Gasteiger partial charge >= 0.3 is 0 Å². The van der Waals surface area contributed by atoms with Crippen molar-refractivity contribution in [3.05, 3.63) is 48.2 Å². The molecule has 3 aliphatic heterocycles. The zero-order valence-corrected chi connectivity index (χ0v) is 18.6. The van der Waals surface area contributed by atoms with Gasteiger partial charge in [0.05, 0.1) is 17.9 Å². The lowest BCUT2D eigenvalue weighted by Gasteiger charge is -2.36. The summed E-state index contributed by atoms with van der Waals surface area (Å²) in [5.41, 5.74) is 3.91. The highest BCUT2D eigenvalue weighted by Crippen LogP contribution is 2.37. The zero-order chi connectivity index (χ0) is 22.4. The van der Waals surface area contributed by atoms with Gasteiger partial charge in [-0.25, -0.2) is 4.98 Å². The molecule has 1 atom stereocenters. The average molecular weight is 447 g/mol. The third-order valence-electron chi connectivity index (χ3n) is 6.70. The van der Waals surface area contributed by atoms with Gasteiger partial charge in [-0.15, -0.1) is 10.2 Å². The maximum atomic E-state index is 12.3. The highest BCUT2D eigenvalue weighted by atomic mass is 16.5. The molecule has 1 amide bonds. The molecular weight excluding hydrogens is 420 g/mol. The number of ether oxygens (including phenoxy) is 1. The second kappa shape index (κ2) is 8.02. The van der Waals surface area contributed by atoms with Crippen molar-refractivity contribution in [3.63, 3.8) is 0 Å². The number of aromatic nitrogens is 5. The fourth-order valence-electron chi connectivity index (χ4n) is 4.92. The maximum absolute atomic E-state index is 12.3. The van der Waals surface area contributed by atoms with Gasteiger partial charge in [0.25, 0.3) is 0 Å². The summed E-state index contributed by atoms with van der Waals surface area (Å²) >= 11 is 0. The van der Waals surface area contributed by atoms with Crippen molar-refractivity contribution in [2.75, 3.05) is 47.5 Å². The molecule has 0 radical (unpaired) electrons. The molecule has 3 aliphatic rings. The number of anilines is 3. The van der Waals surface area contributed by atoms with Crippen molar-refractivity contribution in [3.8, 4) is 5.88 Å². The number of hydrogen-bond donors (Lipinski definition) is 0. The molecule has 6 rings (SSSR count). The lowest BCUT2D eigenvalue weighted by Crippen LogP contribution is -2.47. The molecule has 0 saturated carbocycles. The van der Waals surface area contributed by atoms with Crippen LogP contribution < -0.4 is 19.4 Å². The number of fused-ring (bicyclic) bond motifs is 3. The molecule has 3 aromatic rings. The van der Waals surface area contributed by atoms with Crippen molar-refractivity contribution < 1.29 is 9.53 Å². The molecule has 6 heterocycles. The van der Waals surface area contributed by atoms with Gasteiger partial charge in [0.1, 0.15) is 18.6 Å². The molecule has 2 fully saturated rings. The third kappa shape index (κ3) is 3.65. The Morgan fingerprint density at radius 3 is 2.70 bits per heavy atom. The fraction of sp³-hybridized carbons (Fsp3) is 0.435. The number of carbonyl (C=O) groups is 1. The van der Waals surface area contributed by atoms with Crippen LogP contribution in [0, 0.1) is 0 Å². The molecule has 0 unspecified atom stereocenters. The number of piperazine rings is 1. The highest BCUT2D eigenvalue weighted by Gasteiger charge is 2.38. The van der Waals surface area contributed by atoms with Gasteiger partial charge in [-0.1, -0.05) is 0 Å². The normalized spacial score (nSPS) is 20.0. The molecule has 0 N–H and O–H groups in total. The van der Waals surface area contributed by atoms with Crippen LogP contribution in [0.4, 0.5) is 17.3 Å². The standard InChI is InChI=1S/C23H26N8O2/c1-28-15-26-27-23(28)30-8-6-29(7-9-30)18-3-2-17(24-13-18)10-16-11-20-22(25-12-16)33-14-19-4-5-21(32)31(19)20/h2-3,11-13,15,19H,4-10,14H2,1H3/t19-/m0/s1. The third-order valence-corrected chi connectivity index (χ3v) is 6.70. The minimum absolute atomic E-state index is 0.133. The number of pyridine rings is 2. The first-order chi connectivity index (χ1) is 16.2. The molecule has 0 aromatic carbocycles. The van der Waals surface area contributed by atoms with Crippen LogP contribution in [-0.4, -0.2) is 69.5 Å². The Balaban J connectivity index is 1.12. The number of nitrogens with zero attached hydrogens (tertiary/aromatic N) is 8. The van der Waals surface area contributed by atoms with Gasteiger partial charge in [-0.05, 0) is 30.2 Å². The molecule has 2 saturated heterocycles. The topological polar surface area (TPSA) is 92.5 Å². The largest absolute Gasteiger partial charge is 0.474 e. The predicted molar refractivity (Wildman–Crippen MR) is 123 cm³/mol. The first-order valence-corrected chi connectivity index (χ1v) is 11.4. The van der Waals surface area contributed by atoms with Gasteiger partial charge in [-0.2, -0.15) is 0 Å². The predicted octanol–water partition coefficient (Wildman–Crippen LogP) is 1.41. The Morgan fingerprint density at radius 1 is 1.09 bits per heavy atom. The minimum atomic E-state index is 0.133. The molecule has 0 spiro atoms. The van der Waals surface area contributed by atoms with Gasteiger partial charge in [0.2, 0.25) is 17.7 Å². The minimum Gasteiger partial charge on any atom is -0.474 e. The molecule has 33 heavy (non-hydrogen) atoms. The van der Waals surface area contributed by atoms with Crippen LogP contribution in [0.5, 0.6) is 5.88 Å². The van der Waals surface area contributed by atoms with Crippen molar-refractivity contribution >= 4 is 23.2 Å². The van der Waals surface area contributed by atoms with E-state index in [1.165, 1.54) is 0 Å². The van der Waals surface area contributed by atoms with E-state index in [0.717, 1.165) is 61.2 Å². The number of hydrogen-bond acceptors (Lipinski definition) is 8. The smallest absolute Gasteiger partial charge is 0.238 e. The van der Waals surface area contributed by atoms with E-state index in [2.05, 4.69) is 37.1 Å². The maximum Gasteiger partial charge on any atom is 0.238 e. The van der Waals surface area contributed by atoms with Crippen molar-refractivity contribution in [1.29, 1.82) is 0 Å². The van der Waals surface area contributed by atoms with Crippen molar-refractivity contribution in [2.45, 2.75) is 25.3 Å². The Bertz CT molecular complexity index is 1170. The number of amides is 1. The summed E-state index contributed by atoms with van der Waals surface area (Å²) in [4.78, 5) is 28.0. The molecule has 10 heteroatoms. The van der Waals surface area contributed by atoms with E-state index in [4.69, 9.17) is 9.72 Å². The van der Waals surface area contributed by atoms with Crippen LogP contribution in [0.25, 0.3) is 0 Å². The Labute approximate surface area is 191 Å². The van der Waals surface area contributed by atoms with Crippen LogP contribution >= 0.6 is 0 Å². The molecule has 0 bridgehead atoms. The summed E-state index contributed by atoms with van der Waals surface area (Å²) in [6.45, 7) is 4.14. The summed E-state index contributed by atoms with van der Waals surface area (Å²) in [5.74, 6) is 1.62. The lowest BCUT2D eigenvalue weighted by molar-refractivity contribution is -0.117. The average Bonchev–Trinajstić information content (AvgIpc) is 3.45. The van der Waals surface area contributed by atoms with E-state index in [1.54, 1.807) is 6.33 Å². The second-order valence-corrected chi connectivity index (χ2v) is 8.84. The molecule has 170 valence electrons. The number of carbonyl (C=O) groups excluding carboxylic acids is 1. The summed E-state index contributed by atoms with van der Waals surface area (Å²) in [5, 5.41) is 8.19. The molecule has 10 nitrogen and oxygen atoms in total. The van der Waals surface area contributed by atoms with Gasteiger partial charge in [0, 0.05) is 58.0 Å². The van der Waals surface area contributed by atoms with Crippen LogP contribution in [0.15, 0.2) is 36.9 Å². The van der Waals surface area contributed by atoms with E-state index in [0.29, 0.717) is 25.3 Å². The Morgan fingerprint density at radius 2 is 1.94 bits per heavy atom. The summed E-state index contributed by atoms with van der Waals surface area (Å²) in [7, 11) is 1.97. The monoisotopic (exact) mass is 446 g/mol. The van der Waals surface area contributed by atoms with Crippen LogP contribution in [-0.2, 0) is 18.3 Å². The van der Waals surface area contributed by atoms with Crippen molar-refractivity contribution in [2.24, 2.45) is 7.05 Å². The quantitative estimate of drug-likeness (QED) is 0.594.